The van der Waals surface area contributed by atoms with Gasteiger partial charge in [0.1, 0.15) is 8.07 Å². The van der Waals surface area contributed by atoms with Crippen LogP contribution in [0.4, 0.5) is 0 Å². The van der Waals surface area contributed by atoms with Gasteiger partial charge in [-0.15, -0.1) is 5.54 Å². The van der Waals surface area contributed by atoms with Crippen molar-refractivity contribution < 1.29 is 19.4 Å². The van der Waals surface area contributed by atoms with Crippen LogP contribution in [-0.2, 0) is 9.22 Å². The number of Topliss-reactive ketones (excluding diaryl/α,β-unsaturated/α-hetero) is 1. The summed E-state index contributed by atoms with van der Waals surface area (Å²) in [6.07, 6.45) is 0.946. The Morgan fingerprint density at radius 3 is 1.90 bits per heavy atom. The molecule has 0 amide bonds. The quantitative estimate of drug-likeness (QED) is 0.258. The van der Waals surface area contributed by atoms with Crippen LogP contribution in [0.2, 0.25) is 36.3 Å². The van der Waals surface area contributed by atoms with Crippen molar-refractivity contribution in [1.29, 1.82) is 0 Å². The Kier molecular flexibility index (Phi) is 12.5. The minimum absolute atomic E-state index is 0.117. The van der Waals surface area contributed by atoms with Crippen LogP contribution >= 0.6 is 0 Å². The van der Waals surface area contributed by atoms with E-state index in [1.165, 1.54) is 0 Å². The van der Waals surface area contributed by atoms with Gasteiger partial charge in [-0.1, -0.05) is 74.5 Å². The van der Waals surface area contributed by atoms with Gasteiger partial charge >= 0.3 is 0 Å². The normalized spacial score (nSPS) is 16.8. The Labute approximate surface area is 194 Å². The molecule has 0 aliphatic carbocycles. The largest absolute Gasteiger partial charge is 0.416 e. The zero-order valence-electron chi connectivity index (χ0n) is 22.1. The first-order valence-electron chi connectivity index (χ1n) is 12.1. The highest BCUT2D eigenvalue weighted by Gasteiger charge is 2.45. The molecule has 0 aromatic heterocycles. The van der Waals surface area contributed by atoms with Gasteiger partial charge in [0.2, 0.25) is 5.78 Å². The van der Waals surface area contributed by atoms with Crippen molar-refractivity contribution in [3.63, 3.8) is 0 Å². The third kappa shape index (κ3) is 10.3. The molecule has 0 rings (SSSR count). The molecule has 0 fully saturated rings. The topological polar surface area (TPSA) is 66.8 Å². The molecule has 6 heteroatoms. The summed E-state index contributed by atoms with van der Waals surface area (Å²) in [5.74, 6) is 2.74. The second-order valence-electron chi connectivity index (χ2n) is 11.6. The van der Waals surface area contributed by atoms with E-state index < -0.39 is 28.1 Å². The molecule has 0 radical (unpaired) electrons. The molecule has 0 aromatic rings. The van der Waals surface area contributed by atoms with Crippen molar-refractivity contribution in [2.45, 2.75) is 129 Å². The molecule has 0 spiro atoms. The minimum Gasteiger partial charge on any atom is -0.416 e. The molecule has 0 aliphatic heterocycles. The molecular formula is C25H50O4Si2. The maximum absolute atomic E-state index is 12.0. The molecule has 0 saturated carbocycles. The number of hydrogen-bond donors (Lipinski definition) is 2. The van der Waals surface area contributed by atoms with E-state index in [2.05, 4.69) is 79.6 Å². The average Bonchev–Trinajstić information content (AvgIpc) is 2.58. The molecule has 0 unspecified atom stereocenters. The predicted octanol–water partition coefficient (Wildman–Crippen LogP) is 5.94. The lowest BCUT2D eigenvalue weighted by atomic mass is 9.88. The summed E-state index contributed by atoms with van der Waals surface area (Å²) in [5.41, 5.74) is 3.43. The number of hydrogen-bond acceptors (Lipinski definition) is 4. The second-order valence-corrected chi connectivity index (χ2v) is 21.8. The van der Waals surface area contributed by atoms with Gasteiger partial charge in [0.05, 0.1) is 11.7 Å². The maximum atomic E-state index is 12.0. The van der Waals surface area contributed by atoms with Crippen LogP contribution in [0.25, 0.3) is 0 Å². The molecule has 182 valence electrons. The van der Waals surface area contributed by atoms with Crippen molar-refractivity contribution in [1.82, 2.24) is 0 Å². The number of ketones is 1. The van der Waals surface area contributed by atoms with Crippen molar-refractivity contribution in [3.8, 4) is 11.5 Å². The van der Waals surface area contributed by atoms with Gasteiger partial charge in [-0.3, -0.25) is 4.79 Å². The summed E-state index contributed by atoms with van der Waals surface area (Å²) in [4.78, 5) is 12.0. The average molecular weight is 471 g/mol. The van der Waals surface area contributed by atoms with E-state index >= 15 is 0 Å². The number of carbonyl (C=O) groups is 1. The molecule has 2 N–H and O–H groups in total. The third-order valence-electron chi connectivity index (χ3n) is 6.38. The molecule has 0 heterocycles. The minimum atomic E-state index is -1.86. The van der Waals surface area contributed by atoms with Gasteiger partial charge in [0.25, 0.3) is 0 Å². The summed E-state index contributed by atoms with van der Waals surface area (Å²) in [6.45, 7) is 24.5. The number of carbonyl (C=O) groups excluding carboxylic acids is 1. The van der Waals surface area contributed by atoms with Crippen molar-refractivity contribution in [2.24, 2.45) is 5.92 Å². The van der Waals surface area contributed by atoms with Gasteiger partial charge in [-0.2, -0.15) is 0 Å². The fraction of sp³-hybridized carbons (Fsp3) is 0.880. The standard InChI is InChI=1S/C25H50O4Si2/c1-19(2)31(20(3)4,21(5)6)29-18-22(7)13-12-15-25(8,28)24(27)17-23(26)14-16-30(9,10)11/h19-22,24,27-28H,12-13,15,17-18H2,1-11H3/t22-,24+,25+/m0/s1. The lowest BCUT2D eigenvalue weighted by Crippen LogP contribution is -2.48. The van der Waals surface area contributed by atoms with Gasteiger partial charge in [-0.05, 0) is 48.2 Å². The molecule has 0 aromatic carbocycles. The Balaban J connectivity index is 4.70. The van der Waals surface area contributed by atoms with E-state index in [-0.39, 0.29) is 12.2 Å². The Bertz CT molecular complexity index is 587. The lowest BCUT2D eigenvalue weighted by Gasteiger charge is -2.42. The number of rotatable bonds is 13. The summed E-state index contributed by atoms with van der Waals surface area (Å²) in [6, 6.07) is 0. The van der Waals surface area contributed by atoms with Crippen molar-refractivity contribution in [3.05, 3.63) is 0 Å². The van der Waals surface area contributed by atoms with Gasteiger partial charge < -0.3 is 14.6 Å². The third-order valence-corrected chi connectivity index (χ3v) is 13.3. The van der Waals surface area contributed by atoms with Crippen LogP contribution in [0.5, 0.6) is 0 Å². The molecule has 0 bridgehead atoms. The fourth-order valence-electron chi connectivity index (χ4n) is 4.55. The van der Waals surface area contributed by atoms with Gasteiger partial charge in [0, 0.05) is 13.0 Å². The van der Waals surface area contributed by atoms with Crippen LogP contribution in [0.3, 0.4) is 0 Å². The summed E-state index contributed by atoms with van der Waals surface area (Å²) in [7, 11) is -3.49. The number of aliphatic hydroxyl groups is 2. The van der Waals surface area contributed by atoms with Crippen LogP contribution < -0.4 is 0 Å². The Morgan fingerprint density at radius 1 is 1.00 bits per heavy atom. The van der Waals surface area contributed by atoms with Crippen molar-refractivity contribution in [2.75, 3.05) is 6.61 Å². The Morgan fingerprint density at radius 2 is 1.48 bits per heavy atom. The van der Waals surface area contributed by atoms with E-state index in [1.807, 2.05) is 0 Å². The van der Waals surface area contributed by atoms with Crippen LogP contribution in [-0.4, -0.2) is 50.7 Å². The first kappa shape index (κ1) is 30.5. The molecule has 3 atom stereocenters. The zero-order valence-corrected chi connectivity index (χ0v) is 24.1. The van der Waals surface area contributed by atoms with E-state index in [9.17, 15) is 15.0 Å². The van der Waals surface area contributed by atoms with Crippen LogP contribution in [0.1, 0.15) is 81.1 Å². The predicted molar refractivity (Wildman–Crippen MR) is 137 cm³/mol. The molecule has 4 nitrogen and oxygen atoms in total. The number of aliphatic hydroxyl groups excluding tert-OH is 1. The molecule has 0 saturated heterocycles. The zero-order chi connectivity index (χ0) is 24.6. The van der Waals surface area contributed by atoms with Crippen LogP contribution in [0, 0.1) is 17.4 Å². The summed E-state index contributed by atoms with van der Waals surface area (Å²) < 4.78 is 6.68. The second kappa shape index (κ2) is 12.7. The maximum Gasteiger partial charge on any atom is 0.207 e. The highest BCUT2D eigenvalue weighted by Crippen LogP contribution is 2.42. The highest BCUT2D eigenvalue weighted by molar-refractivity contribution is 6.84. The van der Waals surface area contributed by atoms with Gasteiger partial charge in [-0.25, -0.2) is 0 Å². The molecule has 0 aliphatic rings. The molecule has 31 heavy (non-hydrogen) atoms. The summed E-state index contributed by atoms with van der Waals surface area (Å²) in [5, 5.41) is 21.1. The first-order valence-corrected chi connectivity index (χ1v) is 17.7. The fourth-order valence-corrected chi connectivity index (χ4v) is 10.6. The van der Waals surface area contributed by atoms with Crippen molar-refractivity contribution >= 4 is 22.2 Å². The van der Waals surface area contributed by atoms with E-state index in [1.54, 1.807) is 6.92 Å². The SMILES string of the molecule is CC(C)[Si](OC[C@@H](C)CCC[C@@](C)(O)[C@H](O)CC(=O)C#C[Si](C)(C)C)(C(C)C)C(C)C. The Hall–Kier alpha value is -0.456. The van der Waals surface area contributed by atoms with E-state index in [4.69, 9.17) is 4.43 Å². The first-order chi connectivity index (χ1) is 14.0. The van der Waals surface area contributed by atoms with Crippen LogP contribution in [0.15, 0.2) is 0 Å². The van der Waals surface area contributed by atoms with E-state index in [0.29, 0.717) is 29.0 Å². The summed E-state index contributed by atoms with van der Waals surface area (Å²) >= 11 is 0. The van der Waals surface area contributed by atoms with E-state index in [0.717, 1.165) is 19.4 Å². The lowest BCUT2D eigenvalue weighted by molar-refractivity contribution is -0.122. The molecular weight excluding hydrogens is 420 g/mol. The smallest absolute Gasteiger partial charge is 0.207 e. The monoisotopic (exact) mass is 470 g/mol. The highest BCUT2D eigenvalue weighted by atomic mass is 28.4. The van der Waals surface area contributed by atoms with Gasteiger partial charge in [0.15, 0.2) is 8.32 Å².